The lowest BCUT2D eigenvalue weighted by atomic mass is 10.2. The van der Waals surface area contributed by atoms with Crippen molar-refractivity contribution >= 4 is 17.3 Å². The Kier molecular flexibility index (Phi) is 4.84. The molecule has 1 aromatic carbocycles. The summed E-state index contributed by atoms with van der Waals surface area (Å²) < 4.78 is 11.1. The van der Waals surface area contributed by atoms with Crippen molar-refractivity contribution in [2.45, 2.75) is 26.3 Å². The number of rotatable bonds is 5. The second kappa shape index (κ2) is 7.21. The van der Waals surface area contributed by atoms with Gasteiger partial charge in [-0.2, -0.15) is 0 Å². The van der Waals surface area contributed by atoms with Gasteiger partial charge in [0.1, 0.15) is 18.9 Å². The Balaban J connectivity index is 1.67. The maximum Gasteiger partial charge on any atom is 0.270 e. The van der Waals surface area contributed by atoms with Crippen molar-refractivity contribution in [1.29, 1.82) is 0 Å². The summed E-state index contributed by atoms with van der Waals surface area (Å²) in [5.41, 5.74) is 2.08. The van der Waals surface area contributed by atoms with E-state index in [9.17, 15) is 4.79 Å². The lowest BCUT2D eigenvalue weighted by Crippen LogP contribution is -2.32. The van der Waals surface area contributed by atoms with E-state index in [-0.39, 0.29) is 11.9 Å². The van der Waals surface area contributed by atoms with E-state index in [0.29, 0.717) is 18.9 Å². The number of pyridine rings is 1. The van der Waals surface area contributed by atoms with Gasteiger partial charge in [-0.3, -0.25) is 4.79 Å². The molecule has 0 aliphatic carbocycles. The van der Waals surface area contributed by atoms with Crippen molar-refractivity contribution in [2.75, 3.05) is 18.5 Å². The summed E-state index contributed by atoms with van der Waals surface area (Å²) in [5.74, 6) is 1.32. The first-order valence-corrected chi connectivity index (χ1v) is 8.09. The molecule has 1 amide bonds. The highest BCUT2D eigenvalue weighted by Crippen LogP contribution is 2.33. The van der Waals surface area contributed by atoms with Crippen molar-refractivity contribution in [2.24, 2.45) is 0 Å². The molecule has 0 saturated heterocycles. The molecular formula is C18H21N3O3. The van der Waals surface area contributed by atoms with Crippen LogP contribution in [0.2, 0.25) is 0 Å². The zero-order valence-electron chi connectivity index (χ0n) is 13.8. The number of amides is 1. The molecule has 0 fully saturated rings. The molecular weight excluding hydrogens is 306 g/mol. The van der Waals surface area contributed by atoms with Gasteiger partial charge in [0.15, 0.2) is 11.5 Å². The van der Waals surface area contributed by atoms with Gasteiger partial charge in [-0.1, -0.05) is 6.92 Å². The van der Waals surface area contributed by atoms with Gasteiger partial charge >= 0.3 is 0 Å². The monoisotopic (exact) mass is 327 g/mol. The number of nitrogens with zero attached hydrogens (tertiary/aromatic N) is 1. The first-order chi connectivity index (χ1) is 11.7. The minimum absolute atomic E-state index is 0.134. The highest BCUT2D eigenvalue weighted by molar-refractivity contribution is 5.92. The van der Waals surface area contributed by atoms with Gasteiger partial charge in [-0.05, 0) is 37.6 Å². The summed E-state index contributed by atoms with van der Waals surface area (Å²) in [4.78, 5) is 16.2. The third-order valence-corrected chi connectivity index (χ3v) is 3.82. The van der Waals surface area contributed by atoms with E-state index in [2.05, 4.69) is 15.6 Å². The second-order valence-corrected chi connectivity index (χ2v) is 5.70. The van der Waals surface area contributed by atoms with Crippen LogP contribution in [0.1, 0.15) is 30.8 Å². The first kappa shape index (κ1) is 16.1. The molecule has 6 heteroatoms. The Morgan fingerprint density at radius 2 is 1.92 bits per heavy atom. The molecule has 24 heavy (non-hydrogen) atoms. The average molecular weight is 327 g/mol. The average Bonchev–Trinajstić information content (AvgIpc) is 2.62. The fourth-order valence-electron chi connectivity index (χ4n) is 2.29. The molecule has 1 aromatic heterocycles. The maximum absolute atomic E-state index is 12.0. The molecule has 1 atom stereocenters. The lowest BCUT2D eigenvalue weighted by Gasteiger charge is -2.19. The van der Waals surface area contributed by atoms with Gasteiger partial charge in [0.05, 0.1) is 11.9 Å². The SMILES string of the molecule is CCC(C)NC(=O)c1ccc(Nc2ccc3c(c2)OCCO3)cn1. The molecule has 126 valence electrons. The van der Waals surface area contributed by atoms with Crippen LogP contribution >= 0.6 is 0 Å². The summed E-state index contributed by atoms with van der Waals surface area (Å²) in [6.45, 7) is 5.12. The molecule has 1 unspecified atom stereocenters. The van der Waals surface area contributed by atoms with Gasteiger partial charge in [-0.25, -0.2) is 4.98 Å². The van der Waals surface area contributed by atoms with E-state index in [1.54, 1.807) is 12.3 Å². The quantitative estimate of drug-likeness (QED) is 0.883. The van der Waals surface area contributed by atoms with Crippen LogP contribution in [0, 0.1) is 0 Å². The molecule has 6 nitrogen and oxygen atoms in total. The van der Waals surface area contributed by atoms with E-state index in [1.807, 2.05) is 38.1 Å². The van der Waals surface area contributed by atoms with Crippen molar-refractivity contribution in [1.82, 2.24) is 10.3 Å². The first-order valence-electron chi connectivity index (χ1n) is 8.09. The third-order valence-electron chi connectivity index (χ3n) is 3.82. The summed E-state index contributed by atoms with van der Waals surface area (Å²) in [6.07, 6.45) is 2.53. The fourth-order valence-corrected chi connectivity index (χ4v) is 2.29. The second-order valence-electron chi connectivity index (χ2n) is 5.70. The number of aromatic nitrogens is 1. The maximum atomic E-state index is 12.0. The van der Waals surface area contributed by atoms with Crippen LogP contribution in [0.25, 0.3) is 0 Å². The molecule has 0 radical (unpaired) electrons. The zero-order chi connectivity index (χ0) is 16.9. The molecule has 2 heterocycles. The zero-order valence-corrected chi connectivity index (χ0v) is 13.8. The van der Waals surface area contributed by atoms with Gasteiger partial charge in [0, 0.05) is 17.8 Å². The number of ether oxygens (including phenoxy) is 2. The van der Waals surface area contributed by atoms with E-state index < -0.39 is 0 Å². The van der Waals surface area contributed by atoms with Crippen molar-refractivity contribution in [3.05, 3.63) is 42.2 Å². The summed E-state index contributed by atoms with van der Waals surface area (Å²) >= 11 is 0. The van der Waals surface area contributed by atoms with E-state index in [4.69, 9.17) is 9.47 Å². The van der Waals surface area contributed by atoms with Crippen LogP contribution in [0.4, 0.5) is 11.4 Å². The molecule has 2 N–H and O–H groups in total. The highest BCUT2D eigenvalue weighted by Gasteiger charge is 2.12. The van der Waals surface area contributed by atoms with Gasteiger partial charge in [0.25, 0.3) is 5.91 Å². The number of carbonyl (C=O) groups is 1. The highest BCUT2D eigenvalue weighted by atomic mass is 16.6. The Labute approximate surface area is 141 Å². The topological polar surface area (TPSA) is 72.5 Å². The molecule has 2 aromatic rings. The van der Waals surface area contributed by atoms with Crippen molar-refractivity contribution in [3.8, 4) is 11.5 Å². The fraction of sp³-hybridized carbons (Fsp3) is 0.333. The standard InChI is InChI=1S/C18H21N3O3/c1-3-12(2)20-18(22)15-6-4-14(11-19-15)21-13-5-7-16-17(10-13)24-9-8-23-16/h4-7,10-12,21H,3,8-9H2,1-2H3,(H,20,22). The van der Waals surface area contributed by atoms with E-state index in [1.165, 1.54) is 0 Å². The van der Waals surface area contributed by atoms with Crippen LogP contribution < -0.4 is 20.1 Å². The Morgan fingerprint density at radius 1 is 1.17 bits per heavy atom. The van der Waals surface area contributed by atoms with Crippen molar-refractivity contribution < 1.29 is 14.3 Å². The molecule has 0 saturated carbocycles. The van der Waals surface area contributed by atoms with Crippen LogP contribution in [0.3, 0.4) is 0 Å². The number of anilines is 2. The number of fused-ring (bicyclic) bond motifs is 1. The van der Waals surface area contributed by atoms with Crippen LogP contribution in [0.15, 0.2) is 36.5 Å². The molecule has 1 aliphatic rings. The van der Waals surface area contributed by atoms with Crippen molar-refractivity contribution in [3.63, 3.8) is 0 Å². The Hall–Kier alpha value is -2.76. The lowest BCUT2D eigenvalue weighted by molar-refractivity contribution is 0.0934. The summed E-state index contributed by atoms with van der Waals surface area (Å²) in [7, 11) is 0. The molecule has 0 spiro atoms. The van der Waals surface area contributed by atoms with Crippen LogP contribution in [-0.2, 0) is 0 Å². The largest absolute Gasteiger partial charge is 0.486 e. The molecule has 3 rings (SSSR count). The van der Waals surface area contributed by atoms with Gasteiger partial charge in [-0.15, -0.1) is 0 Å². The van der Waals surface area contributed by atoms with Crippen LogP contribution in [-0.4, -0.2) is 30.1 Å². The Bertz CT molecular complexity index is 716. The third kappa shape index (κ3) is 3.76. The number of carbonyl (C=O) groups excluding carboxylic acids is 1. The summed E-state index contributed by atoms with van der Waals surface area (Å²) in [6, 6.07) is 9.34. The predicted molar refractivity (Wildman–Crippen MR) is 92.2 cm³/mol. The Morgan fingerprint density at radius 3 is 2.62 bits per heavy atom. The molecule has 1 aliphatic heterocycles. The number of hydrogen-bond acceptors (Lipinski definition) is 5. The summed E-state index contributed by atoms with van der Waals surface area (Å²) in [5, 5.41) is 6.14. The van der Waals surface area contributed by atoms with Crippen LogP contribution in [0.5, 0.6) is 11.5 Å². The number of nitrogens with one attached hydrogen (secondary N) is 2. The normalized spacial score (nSPS) is 13.9. The number of benzene rings is 1. The van der Waals surface area contributed by atoms with E-state index in [0.717, 1.165) is 29.3 Å². The number of hydrogen-bond donors (Lipinski definition) is 2. The predicted octanol–water partition coefficient (Wildman–Crippen LogP) is 3.12. The van der Waals surface area contributed by atoms with E-state index >= 15 is 0 Å². The smallest absolute Gasteiger partial charge is 0.270 e. The molecule has 0 bridgehead atoms. The van der Waals surface area contributed by atoms with Gasteiger partial charge in [0.2, 0.25) is 0 Å². The minimum atomic E-state index is -0.157. The van der Waals surface area contributed by atoms with Gasteiger partial charge < -0.3 is 20.1 Å². The minimum Gasteiger partial charge on any atom is -0.486 e.